The summed E-state index contributed by atoms with van der Waals surface area (Å²) in [5.74, 6) is 0.130. The molecule has 3 nitrogen and oxygen atoms in total. The Kier molecular flexibility index (Phi) is 4.13. The Labute approximate surface area is 108 Å². The van der Waals surface area contributed by atoms with Crippen molar-refractivity contribution in [1.82, 2.24) is 5.32 Å². The number of carbonyl (C=O) groups is 2. The first kappa shape index (κ1) is 12.8. The van der Waals surface area contributed by atoms with E-state index in [0.29, 0.717) is 5.56 Å². The third-order valence-corrected chi connectivity index (χ3v) is 3.52. The molecule has 0 saturated heterocycles. The molecule has 96 valence electrons. The molecule has 0 radical (unpaired) electrons. The zero-order valence-corrected chi connectivity index (χ0v) is 10.7. The second-order valence-electron chi connectivity index (χ2n) is 4.99. The highest BCUT2D eigenvalue weighted by atomic mass is 16.2. The summed E-state index contributed by atoms with van der Waals surface area (Å²) >= 11 is 0. The third kappa shape index (κ3) is 3.19. The van der Waals surface area contributed by atoms with E-state index in [9.17, 15) is 9.59 Å². The average Bonchev–Trinajstić information content (AvgIpc) is 2.90. The number of carbonyl (C=O) groups excluding carboxylic acids is 2. The van der Waals surface area contributed by atoms with E-state index >= 15 is 0 Å². The van der Waals surface area contributed by atoms with Crippen molar-refractivity contribution in [2.75, 3.05) is 6.54 Å². The lowest BCUT2D eigenvalue weighted by Gasteiger charge is -2.09. The molecule has 1 aliphatic carbocycles. The second-order valence-corrected chi connectivity index (χ2v) is 4.99. The van der Waals surface area contributed by atoms with Crippen molar-refractivity contribution in [3.8, 4) is 0 Å². The molecule has 2 rings (SSSR count). The monoisotopic (exact) mass is 245 g/mol. The molecule has 1 amide bonds. The number of Topliss-reactive ketones (excluding diaryl/α,β-unsaturated/α-hetero) is 1. The SMILES string of the molecule is Cc1ccc(C(=O)CNC(=O)C2CCCC2)cc1. The van der Waals surface area contributed by atoms with Gasteiger partial charge in [0.15, 0.2) is 5.78 Å². The Balaban J connectivity index is 1.84. The molecule has 0 aliphatic heterocycles. The van der Waals surface area contributed by atoms with Crippen molar-refractivity contribution in [3.05, 3.63) is 35.4 Å². The molecule has 1 aromatic rings. The molecule has 0 heterocycles. The fourth-order valence-corrected chi connectivity index (χ4v) is 2.34. The van der Waals surface area contributed by atoms with Crippen LogP contribution in [0.3, 0.4) is 0 Å². The first-order valence-electron chi connectivity index (χ1n) is 6.54. The van der Waals surface area contributed by atoms with Gasteiger partial charge in [0.2, 0.25) is 5.91 Å². The van der Waals surface area contributed by atoms with Gasteiger partial charge in [-0.05, 0) is 19.8 Å². The summed E-state index contributed by atoms with van der Waals surface area (Å²) in [4.78, 5) is 23.6. The normalized spacial score (nSPS) is 15.6. The quantitative estimate of drug-likeness (QED) is 0.828. The molecule has 1 aromatic carbocycles. The van der Waals surface area contributed by atoms with Crippen LogP contribution in [-0.2, 0) is 4.79 Å². The molecule has 1 saturated carbocycles. The Hall–Kier alpha value is -1.64. The van der Waals surface area contributed by atoms with Crippen LogP contribution >= 0.6 is 0 Å². The Morgan fingerprint density at radius 3 is 2.39 bits per heavy atom. The maximum atomic E-state index is 11.9. The Morgan fingerprint density at radius 2 is 1.78 bits per heavy atom. The van der Waals surface area contributed by atoms with E-state index in [2.05, 4.69) is 5.32 Å². The van der Waals surface area contributed by atoms with Gasteiger partial charge in [-0.3, -0.25) is 9.59 Å². The molecule has 0 spiro atoms. The van der Waals surface area contributed by atoms with E-state index < -0.39 is 0 Å². The summed E-state index contributed by atoms with van der Waals surface area (Å²) in [6.45, 7) is 2.09. The summed E-state index contributed by atoms with van der Waals surface area (Å²) in [5, 5.41) is 2.75. The van der Waals surface area contributed by atoms with Crippen LogP contribution in [0.4, 0.5) is 0 Å². The molecule has 1 aliphatic rings. The van der Waals surface area contributed by atoms with Crippen molar-refractivity contribution < 1.29 is 9.59 Å². The largest absolute Gasteiger partial charge is 0.348 e. The highest BCUT2D eigenvalue weighted by molar-refractivity contribution is 5.99. The van der Waals surface area contributed by atoms with Crippen LogP contribution in [0.15, 0.2) is 24.3 Å². The second kappa shape index (κ2) is 5.80. The minimum Gasteiger partial charge on any atom is -0.348 e. The molecule has 3 heteroatoms. The van der Waals surface area contributed by atoms with E-state index in [4.69, 9.17) is 0 Å². The molecule has 1 fully saturated rings. The van der Waals surface area contributed by atoms with Gasteiger partial charge in [-0.2, -0.15) is 0 Å². The molecule has 0 aromatic heterocycles. The first-order chi connectivity index (χ1) is 8.66. The van der Waals surface area contributed by atoms with Gasteiger partial charge in [0.05, 0.1) is 6.54 Å². The summed E-state index contributed by atoms with van der Waals surface area (Å²) in [6.07, 6.45) is 4.18. The summed E-state index contributed by atoms with van der Waals surface area (Å²) < 4.78 is 0. The minimum absolute atomic E-state index is 0.0265. The van der Waals surface area contributed by atoms with Crippen LogP contribution in [0.25, 0.3) is 0 Å². The van der Waals surface area contributed by atoms with Gasteiger partial charge in [0, 0.05) is 11.5 Å². The Morgan fingerprint density at radius 1 is 1.17 bits per heavy atom. The van der Waals surface area contributed by atoms with Crippen molar-refractivity contribution in [1.29, 1.82) is 0 Å². The van der Waals surface area contributed by atoms with Gasteiger partial charge in [0.1, 0.15) is 0 Å². The van der Waals surface area contributed by atoms with E-state index in [0.717, 1.165) is 31.2 Å². The summed E-state index contributed by atoms with van der Waals surface area (Å²) in [6, 6.07) is 7.43. The lowest BCUT2D eigenvalue weighted by Crippen LogP contribution is -2.33. The smallest absolute Gasteiger partial charge is 0.223 e. The van der Waals surface area contributed by atoms with Crippen LogP contribution in [0, 0.1) is 12.8 Å². The molecular formula is C15H19NO2. The van der Waals surface area contributed by atoms with Crippen LogP contribution < -0.4 is 5.32 Å². The fourth-order valence-electron chi connectivity index (χ4n) is 2.34. The van der Waals surface area contributed by atoms with Crippen LogP contribution in [0.2, 0.25) is 0 Å². The predicted molar refractivity (Wildman–Crippen MR) is 70.5 cm³/mol. The van der Waals surface area contributed by atoms with Crippen LogP contribution in [0.1, 0.15) is 41.6 Å². The number of ketones is 1. The topological polar surface area (TPSA) is 46.2 Å². The zero-order valence-electron chi connectivity index (χ0n) is 10.7. The predicted octanol–water partition coefficient (Wildman–Crippen LogP) is 2.48. The van der Waals surface area contributed by atoms with Gasteiger partial charge in [-0.1, -0.05) is 42.7 Å². The highest BCUT2D eigenvalue weighted by Gasteiger charge is 2.22. The molecule has 0 bridgehead atoms. The van der Waals surface area contributed by atoms with Gasteiger partial charge < -0.3 is 5.32 Å². The third-order valence-electron chi connectivity index (χ3n) is 3.52. The number of benzene rings is 1. The molecule has 18 heavy (non-hydrogen) atoms. The minimum atomic E-state index is -0.0265. The lowest BCUT2D eigenvalue weighted by atomic mass is 10.1. The molecular weight excluding hydrogens is 226 g/mol. The molecule has 0 unspecified atom stereocenters. The summed E-state index contributed by atoms with van der Waals surface area (Å²) in [5.41, 5.74) is 1.79. The van der Waals surface area contributed by atoms with E-state index in [1.54, 1.807) is 12.1 Å². The highest BCUT2D eigenvalue weighted by Crippen LogP contribution is 2.24. The summed E-state index contributed by atoms with van der Waals surface area (Å²) in [7, 11) is 0. The number of amides is 1. The average molecular weight is 245 g/mol. The van der Waals surface area contributed by atoms with Gasteiger partial charge >= 0.3 is 0 Å². The van der Waals surface area contributed by atoms with Gasteiger partial charge in [-0.25, -0.2) is 0 Å². The fraction of sp³-hybridized carbons (Fsp3) is 0.467. The number of nitrogens with one attached hydrogen (secondary N) is 1. The van der Waals surface area contributed by atoms with Gasteiger partial charge in [0.25, 0.3) is 0 Å². The number of rotatable bonds is 4. The number of aryl methyl sites for hydroxylation is 1. The maximum absolute atomic E-state index is 11.9. The standard InChI is InChI=1S/C15H19NO2/c1-11-6-8-12(9-7-11)14(17)10-16-15(18)13-4-2-3-5-13/h6-9,13H,2-5,10H2,1H3,(H,16,18). The van der Waals surface area contributed by atoms with Crippen molar-refractivity contribution in [2.45, 2.75) is 32.6 Å². The van der Waals surface area contributed by atoms with Crippen molar-refractivity contribution in [3.63, 3.8) is 0 Å². The van der Waals surface area contributed by atoms with Crippen LogP contribution in [-0.4, -0.2) is 18.2 Å². The zero-order chi connectivity index (χ0) is 13.0. The van der Waals surface area contributed by atoms with Crippen LogP contribution in [0.5, 0.6) is 0 Å². The number of hydrogen-bond acceptors (Lipinski definition) is 2. The molecule has 0 atom stereocenters. The number of hydrogen-bond donors (Lipinski definition) is 1. The van der Waals surface area contributed by atoms with Crippen molar-refractivity contribution in [2.24, 2.45) is 5.92 Å². The van der Waals surface area contributed by atoms with E-state index in [1.807, 2.05) is 19.1 Å². The molecule has 1 N–H and O–H groups in total. The van der Waals surface area contributed by atoms with Gasteiger partial charge in [-0.15, -0.1) is 0 Å². The van der Waals surface area contributed by atoms with E-state index in [-0.39, 0.29) is 24.2 Å². The maximum Gasteiger partial charge on any atom is 0.223 e. The Bertz CT molecular complexity index is 430. The first-order valence-corrected chi connectivity index (χ1v) is 6.54. The van der Waals surface area contributed by atoms with E-state index in [1.165, 1.54) is 0 Å². The lowest BCUT2D eigenvalue weighted by molar-refractivity contribution is -0.124. The van der Waals surface area contributed by atoms with Crippen molar-refractivity contribution >= 4 is 11.7 Å².